The van der Waals surface area contributed by atoms with Gasteiger partial charge in [0.05, 0.1) is 12.0 Å². The molecule has 2 heterocycles. The molecule has 5 nitrogen and oxygen atoms in total. The molecule has 1 aromatic carbocycles. The SMILES string of the molecule is CNC(=O)[C@]12CCOC[C@H]1CN(C(=O)c1ccc(C3=CCCC3)cc1)C2. The van der Waals surface area contributed by atoms with E-state index in [9.17, 15) is 9.59 Å². The molecule has 2 atom stereocenters. The fourth-order valence-electron chi connectivity index (χ4n) is 4.67. The van der Waals surface area contributed by atoms with Crippen molar-refractivity contribution < 1.29 is 14.3 Å². The second-order valence-electron chi connectivity index (χ2n) is 7.64. The third kappa shape index (κ3) is 2.84. The molecule has 0 saturated carbocycles. The van der Waals surface area contributed by atoms with E-state index in [4.69, 9.17) is 4.74 Å². The summed E-state index contributed by atoms with van der Waals surface area (Å²) in [5.41, 5.74) is 2.78. The summed E-state index contributed by atoms with van der Waals surface area (Å²) >= 11 is 0. The number of rotatable bonds is 3. The second kappa shape index (κ2) is 6.88. The van der Waals surface area contributed by atoms with Gasteiger partial charge in [-0.3, -0.25) is 9.59 Å². The highest BCUT2D eigenvalue weighted by molar-refractivity contribution is 5.96. The Morgan fingerprint density at radius 3 is 2.77 bits per heavy atom. The van der Waals surface area contributed by atoms with Crippen LogP contribution in [0.25, 0.3) is 5.57 Å². The lowest BCUT2D eigenvalue weighted by molar-refractivity contribution is -0.138. The molecule has 5 heteroatoms. The molecule has 0 unspecified atom stereocenters. The van der Waals surface area contributed by atoms with Crippen LogP contribution in [-0.4, -0.2) is 50.1 Å². The Morgan fingerprint density at radius 1 is 1.27 bits per heavy atom. The molecule has 0 spiro atoms. The van der Waals surface area contributed by atoms with E-state index in [0.29, 0.717) is 38.3 Å². The number of hydrogen-bond acceptors (Lipinski definition) is 3. The van der Waals surface area contributed by atoms with E-state index < -0.39 is 5.41 Å². The molecule has 3 aliphatic rings. The van der Waals surface area contributed by atoms with Crippen LogP contribution in [0, 0.1) is 11.3 Å². The fourth-order valence-corrected chi connectivity index (χ4v) is 4.67. The van der Waals surface area contributed by atoms with Gasteiger partial charge in [-0.25, -0.2) is 0 Å². The largest absolute Gasteiger partial charge is 0.381 e. The Hall–Kier alpha value is -2.14. The lowest BCUT2D eigenvalue weighted by Crippen LogP contribution is -2.49. The van der Waals surface area contributed by atoms with Crippen LogP contribution in [0.2, 0.25) is 0 Å². The highest BCUT2D eigenvalue weighted by atomic mass is 16.5. The Kier molecular flexibility index (Phi) is 4.57. The number of carbonyl (C=O) groups excluding carboxylic acids is 2. The summed E-state index contributed by atoms with van der Waals surface area (Å²) in [5, 5.41) is 2.80. The molecule has 0 aromatic heterocycles. The molecule has 0 radical (unpaired) electrons. The number of ether oxygens (including phenoxy) is 1. The van der Waals surface area contributed by atoms with E-state index in [-0.39, 0.29) is 17.7 Å². The lowest BCUT2D eigenvalue weighted by atomic mass is 9.73. The Labute approximate surface area is 154 Å². The van der Waals surface area contributed by atoms with Crippen LogP contribution in [0.1, 0.15) is 41.6 Å². The van der Waals surface area contributed by atoms with E-state index in [0.717, 1.165) is 12.8 Å². The standard InChI is InChI=1S/C21H26N2O3/c1-22-20(25)21-10-11-26-13-18(21)12-23(14-21)19(24)17-8-6-16(7-9-17)15-4-2-3-5-15/h4,6-9,18H,2-3,5,10-14H2,1H3,(H,22,25)/t18-,21+/m1/s1. The number of fused-ring (bicyclic) bond motifs is 1. The minimum absolute atomic E-state index is 0.00892. The van der Waals surface area contributed by atoms with Crippen LogP contribution in [0.15, 0.2) is 30.3 Å². The first-order valence-corrected chi connectivity index (χ1v) is 9.53. The van der Waals surface area contributed by atoms with Gasteiger partial charge in [0.15, 0.2) is 0 Å². The molecular weight excluding hydrogens is 328 g/mol. The van der Waals surface area contributed by atoms with Gasteiger partial charge in [-0.05, 0) is 49.0 Å². The zero-order chi connectivity index (χ0) is 18.1. The summed E-state index contributed by atoms with van der Waals surface area (Å²) in [6.07, 6.45) is 6.45. The number of hydrogen-bond donors (Lipinski definition) is 1. The first kappa shape index (κ1) is 17.3. The number of nitrogens with one attached hydrogen (secondary N) is 1. The normalized spacial score (nSPS) is 27.8. The van der Waals surface area contributed by atoms with Crippen LogP contribution in [0.3, 0.4) is 0 Å². The minimum atomic E-state index is -0.503. The molecule has 2 amide bonds. The van der Waals surface area contributed by atoms with Gasteiger partial charge < -0.3 is 15.0 Å². The highest BCUT2D eigenvalue weighted by Crippen LogP contribution is 2.42. The lowest BCUT2D eigenvalue weighted by Gasteiger charge is -2.36. The molecule has 2 aliphatic heterocycles. The van der Waals surface area contributed by atoms with E-state index in [2.05, 4.69) is 11.4 Å². The van der Waals surface area contributed by atoms with Crippen molar-refractivity contribution in [3.63, 3.8) is 0 Å². The number of likely N-dealkylation sites (tertiary alicyclic amines) is 1. The van der Waals surface area contributed by atoms with Gasteiger partial charge in [0.1, 0.15) is 0 Å². The second-order valence-corrected chi connectivity index (χ2v) is 7.64. The van der Waals surface area contributed by atoms with E-state index in [1.807, 2.05) is 29.2 Å². The Balaban J connectivity index is 1.52. The van der Waals surface area contributed by atoms with Crippen LogP contribution < -0.4 is 5.32 Å². The molecular formula is C21H26N2O3. The van der Waals surface area contributed by atoms with Crippen LogP contribution in [0.5, 0.6) is 0 Å². The molecule has 2 fully saturated rings. The molecule has 138 valence electrons. The van der Waals surface area contributed by atoms with Crippen molar-refractivity contribution in [1.29, 1.82) is 0 Å². The Bertz CT molecular complexity index is 740. The quantitative estimate of drug-likeness (QED) is 0.907. The number of benzene rings is 1. The molecule has 2 saturated heterocycles. The van der Waals surface area contributed by atoms with Crippen molar-refractivity contribution in [2.24, 2.45) is 11.3 Å². The van der Waals surface area contributed by atoms with Crippen molar-refractivity contribution in [2.75, 3.05) is 33.4 Å². The fraction of sp³-hybridized carbons (Fsp3) is 0.524. The molecule has 1 aromatic rings. The molecule has 1 N–H and O–H groups in total. The van der Waals surface area contributed by atoms with Crippen LogP contribution in [0.4, 0.5) is 0 Å². The molecule has 0 bridgehead atoms. The minimum Gasteiger partial charge on any atom is -0.381 e. The van der Waals surface area contributed by atoms with Crippen molar-refractivity contribution in [1.82, 2.24) is 10.2 Å². The number of carbonyl (C=O) groups is 2. The van der Waals surface area contributed by atoms with E-state index in [1.165, 1.54) is 17.6 Å². The van der Waals surface area contributed by atoms with Crippen molar-refractivity contribution in [2.45, 2.75) is 25.7 Å². The number of amides is 2. The summed E-state index contributed by atoms with van der Waals surface area (Å²) in [4.78, 5) is 27.4. The number of allylic oxidation sites excluding steroid dienone is 2. The summed E-state index contributed by atoms with van der Waals surface area (Å²) < 4.78 is 5.59. The van der Waals surface area contributed by atoms with Crippen molar-refractivity contribution in [3.8, 4) is 0 Å². The molecule has 4 rings (SSSR count). The Morgan fingerprint density at radius 2 is 2.08 bits per heavy atom. The van der Waals surface area contributed by atoms with Crippen LogP contribution >= 0.6 is 0 Å². The van der Waals surface area contributed by atoms with Gasteiger partial charge >= 0.3 is 0 Å². The van der Waals surface area contributed by atoms with Gasteiger partial charge in [0.25, 0.3) is 5.91 Å². The maximum atomic E-state index is 13.0. The predicted octanol–water partition coefficient (Wildman–Crippen LogP) is 2.48. The molecule has 26 heavy (non-hydrogen) atoms. The first-order chi connectivity index (χ1) is 12.6. The zero-order valence-corrected chi connectivity index (χ0v) is 15.3. The summed E-state index contributed by atoms with van der Waals surface area (Å²) in [7, 11) is 1.67. The van der Waals surface area contributed by atoms with Crippen LogP contribution in [-0.2, 0) is 9.53 Å². The third-order valence-corrected chi connectivity index (χ3v) is 6.22. The van der Waals surface area contributed by atoms with E-state index >= 15 is 0 Å². The predicted molar refractivity (Wildman–Crippen MR) is 99.6 cm³/mol. The smallest absolute Gasteiger partial charge is 0.253 e. The zero-order valence-electron chi connectivity index (χ0n) is 15.3. The van der Waals surface area contributed by atoms with Crippen molar-refractivity contribution >= 4 is 17.4 Å². The van der Waals surface area contributed by atoms with Gasteiger partial charge in [0, 0.05) is 38.2 Å². The summed E-state index contributed by atoms with van der Waals surface area (Å²) in [6, 6.07) is 7.93. The third-order valence-electron chi connectivity index (χ3n) is 6.22. The van der Waals surface area contributed by atoms with Crippen molar-refractivity contribution in [3.05, 3.63) is 41.5 Å². The first-order valence-electron chi connectivity index (χ1n) is 9.53. The van der Waals surface area contributed by atoms with Gasteiger partial charge in [0.2, 0.25) is 5.91 Å². The van der Waals surface area contributed by atoms with Gasteiger partial charge in [-0.1, -0.05) is 18.2 Å². The van der Waals surface area contributed by atoms with E-state index in [1.54, 1.807) is 7.05 Å². The average Bonchev–Trinajstić information content (AvgIpc) is 3.35. The highest BCUT2D eigenvalue weighted by Gasteiger charge is 2.54. The topological polar surface area (TPSA) is 58.6 Å². The average molecular weight is 354 g/mol. The number of nitrogens with zero attached hydrogens (tertiary/aromatic N) is 1. The monoisotopic (exact) mass is 354 g/mol. The summed E-state index contributed by atoms with van der Waals surface area (Å²) in [6.45, 7) is 2.19. The molecule has 1 aliphatic carbocycles. The van der Waals surface area contributed by atoms with Gasteiger partial charge in [-0.2, -0.15) is 0 Å². The summed E-state index contributed by atoms with van der Waals surface area (Å²) in [5.74, 6) is 0.113. The van der Waals surface area contributed by atoms with Gasteiger partial charge in [-0.15, -0.1) is 0 Å². The maximum Gasteiger partial charge on any atom is 0.253 e. The maximum absolute atomic E-state index is 13.0.